The van der Waals surface area contributed by atoms with E-state index in [1.807, 2.05) is 0 Å². The Kier molecular flexibility index (Phi) is 20.6. The Morgan fingerprint density at radius 3 is 1.78 bits per heavy atom. The predicted molar refractivity (Wildman–Crippen MR) is 193 cm³/mol. The Balaban J connectivity index is 1.10. The summed E-state index contributed by atoms with van der Waals surface area (Å²) in [5.74, 6) is -2.63. The molecular weight excluding hydrogens is 638 g/mol. The zero-order valence-electron chi connectivity index (χ0n) is 30.4. The molecule has 2 heterocycles. The fraction of sp³-hybridized carbons (Fsp3) is 0.718. The first-order valence-electron chi connectivity index (χ1n) is 19.3. The number of carbonyl (C=O) groups is 5. The highest BCUT2D eigenvalue weighted by Gasteiger charge is 2.45. The fourth-order valence-electron chi connectivity index (χ4n) is 6.44. The Morgan fingerprint density at radius 1 is 0.700 bits per heavy atom. The number of hydrogen-bond donors (Lipinski definition) is 2. The van der Waals surface area contributed by atoms with Crippen molar-refractivity contribution in [3.8, 4) is 0 Å². The van der Waals surface area contributed by atoms with Gasteiger partial charge in [-0.05, 0) is 37.8 Å². The Bertz CT molecular complexity index is 1210. The summed E-state index contributed by atoms with van der Waals surface area (Å²) in [6, 6.07) is 3.60. The highest BCUT2D eigenvalue weighted by atomic mass is 16.5. The van der Waals surface area contributed by atoms with Crippen LogP contribution in [0.5, 0.6) is 0 Å². The first kappa shape index (κ1) is 41.3. The molecule has 0 saturated carbocycles. The molecule has 1 aromatic rings. The van der Waals surface area contributed by atoms with Crippen LogP contribution in [0.1, 0.15) is 156 Å². The van der Waals surface area contributed by atoms with Gasteiger partial charge in [0.1, 0.15) is 6.04 Å². The average molecular weight is 700 g/mol. The second-order valence-electron chi connectivity index (χ2n) is 13.5. The summed E-state index contributed by atoms with van der Waals surface area (Å²) in [5.41, 5.74) is 0.443. The first-order valence-corrected chi connectivity index (χ1v) is 19.3. The van der Waals surface area contributed by atoms with Crippen molar-refractivity contribution in [2.24, 2.45) is 0 Å². The number of nitrogens with zero attached hydrogens (tertiary/aromatic N) is 1. The van der Waals surface area contributed by atoms with Crippen LogP contribution in [0.25, 0.3) is 0 Å². The summed E-state index contributed by atoms with van der Waals surface area (Å²) in [6.45, 7) is 5.86. The normalized spacial score (nSPS) is 15.9. The molecule has 0 bridgehead atoms. The van der Waals surface area contributed by atoms with Crippen LogP contribution in [-0.2, 0) is 28.6 Å². The molecule has 11 nitrogen and oxygen atoms in total. The van der Waals surface area contributed by atoms with Gasteiger partial charge in [0.25, 0.3) is 11.8 Å². The maximum atomic E-state index is 13.2. The molecule has 1 unspecified atom stereocenters. The number of carbonyl (C=O) groups excluding carboxylic acids is 5. The molecule has 0 aromatic heterocycles. The van der Waals surface area contributed by atoms with Gasteiger partial charge < -0.3 is 19.5 Å². The molecule has 2 aliphatic rings. The van der Waals surface area contributed by atoms with E-state index in [9.17, 15) is 24.0 Å². The number of imide groups is 2. The van der Waals surface area contributed by atoms with Gasteiger partial charge in [-0.15, -0.1) is 0 Å². The number of nitrogens with one attached hydrogen (secondary N) is 2. The molecule has 2 aliphatic heterocycles. The highest BCUT2D eigenvalue weighted by molar-refractivity contribution is 6.26. The van der Waals surface area contributed by atoms with Crippen molar-refractivity contribution in [2.75, 3.05) is 45.0 Å². The van der Waals surface area contributed by atoms with Crippen LogP contribution in [0.3, 0.4) is 0 Å². The van der Waals surface area contributed by atoms with E-state index in [1.54, 1.807) is 12.1 Å². The second-order valence-corrected chi connectivity index (χ2v) is 13.5. The van der Waals surface area contributed by atoms with Gasteiger partial charge in [-0.1, -0.05) is 103 Å². The largest absolute Gasteiger partial charge is 0.379 e. The van der Waals surface area contributed by atoms with Crippen molar-refractivity contribution in [3.63, 3.8) is 0 Å². The van der Waals surface area contributed by atoms with Crippen molar-refractivity contribution in [3.05, 3.63) is 29.3 Å². The Labute approximate surface area is 298 Å². The molecule has 0 aliphatic carbocycles. The second kappa shape index (κ2) is 24.9. The number of rotatable bonds is 29. The van der Waals surface area contributed by atoms with E-state index in [0.717, 1.165) is 30.8 Å². The third kappa shape index (κ3) is 15.0. The maximum absolute atomic E-state index is 13.2. The predicted octanol–water partition coefficient (Wildman–Crippen LogP) is 7.12. The van der Waals surface area contributed by atoms with Crippen molar-refractivity contribution in [1.29, 1.82) is 0 Å². The van der Waals surface area contributed by atoms with E-state index in [4.69, 9.17) is 14.2 Å². The topological polar surface area (TPSA) is 140 Å². The zero-order valence-corrected chi connectivity index (χ0v) is 30.4. The van der Waals surface area contributed by atoms with Crippen LogP contribution in [0, 0.1) is 0 Å². The fourth-order valence-corrected chi connectivity index (χ4v) is 6.44. The van der Waals surface area contributed by atoms with Crippen molar-refractivity contribution < 1.29 is 38.2 Å². The van der Waals surface area contributed by atoms with E-state index in [0.29, 0.717) is 39.5 Å². The summed E-state index contributed by atoms with van der Waals surface area (Å²) in [5, 5.41) is 4.93. The lowest BCUT2D eigenvalue weighted by atomic mass is 10.0. The summed E-state index contributed by atoms with van der Waals surface area (Å²) in [4.78, 5) is 63.5. The van der Waals surface area contributed by atoms with E-state index >= 15 is 0 Å². The van der Waals surface area contributed by atoms with Gasteiger partial charge in [0.15, 0.2) is 0 Å². The monoisotopic (exact) mass is 699 g/mol. The Hall–Kier alpha value is -3.15. The number of unbranched alkanes of at least 4 members (excludes halogenated alkanes) is 15. The average Bonchev–Trinajstić information content (AvgIpc) is 3.35. The quantitative estimate of drug-likeness (QED) is 0.0666. The summed E-state index contributed by atoms with van der Waals surface area (Å²) < 4.78 is 16.9. The number of benzene rings is 1. The molecule has 5 amide bonds. The van der Waals surface area contributed by atoms with Gasteiger partial charge >= 0.3 is 0 Å². The third-order valence-electron chi connectivity index (χ3n) is 9.32. The number of hydrogen-bond acceptors (Lipinski definition) is 8. The van der Waals surface area contributed by atoms with Gasteiger partial charge in [0.05, 0.1) is 43.2 Å². The highest BCUT2D eigenvalue weighted by Crippen LogP contribution is 2.32. The lowest BCUT2D eigenvalue weighted by Crippen LogP contribution is -2.54. The third-order valence-corrected chi connectivity index (χ3v) is 9.32. The van der Waals surface area contributed by atoms with Gasteiger partial charge in [0, 0.05) is 26.1 Å². The first-order chi connectivity index (χ1) is 24.4. The van der Waals surface area contributed by atoms with Gasteiger partial charge in [-0.2, -0.15) is 0 Å². The Morgan fingerprint density at radius 2 is 1.22 bits per heavy atom. The van der Waals surface area contributed by atoms with Crippen LogP contribution in [-0.4, -0.2) is 80.1 Å². The minimum Gasteiger partial charge on any atom is -0.379 e. The number of ether oxygens (including phenoxy) is 3. The molecule has 0 spiro atoms. The van der Waals surface area contributed by atoms with Crippen molar-refractivity contribution >= 4 is 35.2 Å². The molecule has 1 atom stereocenters. The summed E-state index contributed by atoms with van der Waals surface area (Å²) >= 11 is 0. The van der Waals surface area contributed by atoms with Crippen LogP contribution < -0.4 is 10.6 Å². The minimum absolute atomic E-state index is 0.0429. The molecule has 280 valence electrons. The van der Waals surface area contributed by atoms with Crippen molar-refractivity contribution in [1.82, 2.24) is 10.2 Å². The SMILES string of the molecule is CCCCCCCCCCCCCCCCOCCOCCOCCCCCC(=O)Nc1cccc2c1C(=O)N(C1CCC(=O)NC1=O)C2=O. The lowest BCUT2D eigenvalue weighted by molar-refractivity contribution is -0.136. The number of anilines is 1. The zero-order chi connectivity index (χ0) is 35.8. The minimum atomic E-state index is -1.06. The smallest absolute Gasteiger partial charge is 0.264 e. The molecule has 1 fully saturated rings. The van der Waals surface area contributed by atoms with E-state index in [-0.39, 0.29) is 42.0 Å². The number of piperidine rings is 1. The lowest BCUT2D eigenvalue weighted by Gasteiger charge is -2.27. The van der Waals surface area contributed by atoms with Crippen LogP contribution in [0.2, 0.25) is 0 Å². The molecule has 50 heavy (non-hydrogen) atoms. The van der Waals surface area contributed by atoms with Crippen LogP contribution in [0.15, 0.2) is 18.2 Å². The van der Waals surface area contributed by atoms with Crippen LogP contribution >= 0.6 is 0 Å². The van der Waals surface area contributed by atoms with E-state index in [2.05, 4.69) is 17.6 Å². The maximum Gasteiger partial charge on any atom is 0.264 e. The van der Waals surface area contributed by atoms with E-state index < -0.39 is 29.7 Å². The molecule has 11 heteroatoms. The molecule has 3 rings (SSSR count). The number of fused-ring (bicyclic) bond motifs is 1. The van der Waals surface area contributed by atoms with Gasteiger partial charge in [-0.3, -0.25) is 34.2 Å². The van der Waals surface area contributed by atoms with Crippen LogP contribution in [0.4, 0.5) is 5.69 Å². The van der Waals surface area contributed by atoms with E-state index in [1.165, 1.54) is 89.5 Å². The standard InChI is InChI=1S/C39H61N3O8/c1-2-3-4-5-6-7-8-9-10-11-12-13-14-17-25-48-27-29-50-30-28-49-26-18-15-16-22-34(43)40-32-21-19-20-31-36(32)39(47)42(38(31)46)33-23-24-35(44)41-37(33)45/h19-21,33H,2-18,22-30H2,1H3,(H,40,43)(H,41,44,45). The summed E-state index contributed by atoms with van der Waals surface area (Å²) in [7, 11) is 0. The van der Waals surface area contributed by atoms with Crippen molar-refractivity contribution in [2.45, 2.75) is 141 Å². The molecule has 2 N–H and O–H groups in total. The summed E-state index contributed by atoms with van der Waals surface area (Å²) in [6.07, 6.45) is 21.6. The number of amides is 5. The molecule has 0 radical (unpaired) electrons. The van der Waals surface area contributed by atoms with Gasteiger partial charge in [0.2, 0.25) is 17.7 Å². The molecule has 1 aromatic carbocycles. The molecular formula is C39H61N3O8. The molecule has 1 saturated heterocycles. The van der Waals surface area contributed by atoms with Gasteiger partial charge in [-0.25, -0.2) is 0 Å².